The van der Waals surface area contributed by atoms with Gasteiger partial charge in [0, 0.05) is 19.3 Å². The number of unbranched alkanes of at least 4 members (excludes halogenated alkanes) is 45. The summed E-state index contributed by atoms with van der Waals surface area (Å²) in [6, 6.07) is 0. The van der Waals surface area contributed by atoms with Crippen molar-refractivity contribution in [2.45, 2.75) is 368 Å². The number of ether oxygens (including phenoxy) is 3. The van der Waals surface area contributed by atoms with Gasteiger partial charge < -0.3 is 14.2 Å². The summed E-state index contributed by atoms with van der Waals surface area (Å²) in [7, 11) is 0. The second-order valence-corrected chi connectivity index (χ2v) is 22.2. The fourth-order valence-corrected chi connectivity index (χ4v) is 9.81. The maximum absolute atomic E-state index is 12.9. The molecule has 6 nitrogen and oxygen atoms in total. The number of carbonyl (C=O) groups excluding carboxylic acids is 3. The van der Waals surface area contributed by atoms with Crippen molar-refractivity contribution in [1.82, 2.24) is 0 Å². The van der Waals surface area contributed by atoms with Gasteiger partial charge in [-0.3, -0.25) is 14.4 Å². The van der Waals surface area contributed by atoms with Crippen molar-refractivity contribution >= 4 is 17.9 Å². The Labute approximate surface area is 431 Å². The van der Waals surface area contributed by atoms with Gasteiger partial charge in [0.05, 0.1) is 0 Å². The van der Waals surface area contributed by atoms with Crippen LogP contribution in [0.15, 0.2) is 0 Å². The average molecular weight is 976 g/mol. The molecule has 0 aromatic rings. The van der Waals surface area contributed by atoms with E-state index in [0.29, 0.717) is 19.3 Å². The molecular formula is C63H122O6. The van der Waals surface area contributed by atoms with Crippen molar-refractivity contribution in [2.24, 2.45) is 5.92 Å². The molecule has 0 aromatic heterocycles. The van der Waals surface area contributed by atoms with Gasteiger partial charge in [-0.25, -0.2) is 0 Å². The molecule has 0 rings (SSSR count). The maximum Gasteiger partial charge on any atom is 0.306 e. The van der Waals surface area contributed by atoms with Gasteiger partial charge in [-0.1, -0.05) is 323 Å². The Hall–Kier alpha value is -1.59. The van der Waals surface area contributed by atoms with Crippen LogP contribution in [0.25, 0.3) is 0 Å². The van der Waals surface area contributed by atoms with E-state index < -0.39 is 6.10 Å². The fourth-order valence-electron chi connectivity index (χ4n) is 9.81. The number of hydrogen-bond acceptors (Lipinski definition) is 6. The lowest BCUT2D eigenvalue weighted by Crippen LogP contribution is -2.30. The molecule has 0 unspecified atom stereocenters. The summed E-state index contributed by atoms with van der Waals surface area (Å²) in [5.41, 5.74) is 0. The van der Waals surface area contributed by atoms with Crippen LogP contribution in [0.2, 0.25) is 0 Å². The Bertz CT molecular complexity index is 1040. The van der Waals surface area contributed by atoms with E-state index in [1.54, 1.807) is 0 Å². The van der Waals surface area contributed by atoms with Gasteiger partial charge in [-0.2, -0.15) is 0 Å². The smallest absolute Gasteiger partial charge is 0.306 e. The monoisotopic (exact) mass is 975 g/mol. The second-order valence-electron chi connectivity index (χ2n) is 22.2. The lowest BCUT2D eigenvalue weighted by Gasteiger charge is -2.18. The third-order valence-corrected chi connectivity index (χ3v) is 14.5. The quantitative estimate of drug-likeness (QED) is 0.0343. The third-order valence-electron chi connectivity index (χ3n) is 14.5. The van der Waals surface area contributed by atoms with Gasteiger partial charge in [0.1, 0.15) is 13.2 Å². The molecule has 0 radical (unpaired) electrons. The molecule has 410 valence electrons. The minimum absolute atomic E-state index is 0.0613. The zero-order valence-electron chi connectivity index (χ0n) is 47.3. The van der Waals surface area contributed by atoms with E-state index in [4.69, 9.17) is 14.2 Å². The normalized spacial score (nSPS) is 12.0. The van der Waals surface area contributed by atoms with Crippen LogP contribution in [0.5, 0.6) is 0 Å². The van der Waals surface area contributed by atoms with Gasteiger partial charge >= 0.3 is 17.9 Å². The summed E-state index contributed by atoms with van der Waals surface area (Å²) in [4.78, 5) is 38.3. The number of rotatable bonds is 58. The Morgan fingerprint density at radius 2 is 0.478 bits per heavy atom. The van der Waals surface area contributed by atoms with Crippen molar-refractivity contribution in [3.63, 3.8) is 0 Å². The van der Waals surface area contributed by atoms with E-state index in [1.807, 2.05) is 0 Å². The summed E-state index contributed by atoms with van der Waals surface area (Å²) >= 11 is 0. The third kappa shape index (κ3) is 57.2. The standard InChI is InChI=1S/C63H122O6/c1-5-7-9-11-13-15-17-19-21-23-24-26-27-29-34-38-42-46-50-54-61(64)67-57-60(58-68-62(65)55-51-47-43-39-35-32-31-33-37-41-45-49-53-59(3)4)69-63(66)56-52-48-44-40-36-30-28-25-22-20-18-16-14-12-10-8-6-2/h59-60H,5-58H2,1-4H3/t60-/m1/s1. The minimum Gasteiger partial charge on any atom is -0.462 e. The van der Waals surface area contributed by atoms with Crippen LogP contribution in [0.1, 0.15) is 362 Å². The van der Waals surface area contributed by atoms with Gasteiger partial charge in [-0.05, 0) is 25.2 Å². The van der Waals surface area contributed by atoms with E-state index in [0.717, 1.165) is 63.7 Å². The fraction of sp³-hybridized carbons (Fsp3) is 0.952. The molecule has 69 heavy (non-hydrogen) atoms. The van der Waals surface area contributed by atoms with Crippen LogP contribution in [-0.2, 0) is 28.6 Å². The Morgan fingerprint density at radius 1 is 0.275 bits per heavy atom. The van der Waals surface area contributed by atoms with Crippen molar-refractivity contribution in [1.29, 1.82) is 0 Å². The molecule has 0 aliphatic carbocycles. The first-order valence-electron chi connectivity index (χ1n) is 31.4. The molecule has 0 heterocycles. The van der Waals surface area contributed by atoms with Gasteiger partial charge in [0.2, 0.25) is 0 Å². The SMILES string of the molecule is CCCCCCCCCCCCCCCCCCCCCC(=O)OC[C@H](COC(=O)CCCCCCCCCCCCCCC(C)C)OC(=O)CCCCCCCCCCCCCCCCCCC. The van der Waals surface area contributed by atoms with Crippen LogP contribution in [0.3, 0.4) is 0 Å². The van der Waals surface area contributed by atoms with Gasteiger partial charge in [0.25, 0.3) is 0 Å². The summed E-state index contributed by atoms with van der Waals surface area (Å²) in [5, 5.41) is 0. The molecule has 6 heteroatoms. The lowest BCUT2D eigenvalue weighted by atomic mass is 10.0. The predicted molar refractivity (Wildman–Crippen MR) is 298 cm³/mol. The molecule has 0 fully saturated rings. The van der Waals surface area contributed by atoms with Crippen LogP contribution >= 0.6 is 0 Å². The lowest BCUT2D eigenvalue weighted by molar-refractivity contribution is -0.167. The van der Waals surface area contributed by atoms with Crippen molar-refractivity contribution in [3.8, 4) is 0 Å². The first kappa shape index (κ1) is 67.4. The molecule has 0 amide bonds. The molecule has 0 spiro atoms. The van der Waals surface area contributed by atoms with Gasteiger partial charge in [0.15, 0.2) is 6.10 Å². The molecule has 0 aliphatic rings. The Morgan fingerprint density at radius 3 is 0.710 bits per heavy atom. The molecule has 0 aliphatic heterocycles. The highest BCUT2D eigenvalue weighted by molar-refractivity contribution is 5.71. The molecule has 0 bridgehead atoms. The van der Waals surface area contributed by atoms with E-state index in [1.165, 1.54) is 257 Å². The second kappa shape index (κ2) is 57.3. The van der Waals surface area contributed by atoms with Gasteiger partial charge in [-0.15, -0.1) is 0 Å². The Kier molecular flexibility index (Phi) is 56.0. The molecule has 0 saturated heterocycles. The van der Waals surface area contributed by atoms with Crippen molar-refractivity contribution in [2.75, 3.05) is 13.2 Å². The predicted octanol–water partition coefficient (Wildman–Crippen LogP) is 21.0. The number of esters is 3. The van der Waals surface area contributed by atoms with E-state index in [2.05, 4.69) is 27.7 Å². The van der Waals surface area contributed by atoms with Crippen molar-refractivity contribution < 1.29 is 28.6 Å². The van der Waals surface area contributed by atoms with Crippen LogP contribution < -0.4 is 0 Å². The number of carbonyl (C=O) groups is 3. The van der Waals surface area contributed by atoms with E-state index in [-0.39, 0.29) is 31.1 Å². The number of hydrogen-bond donors (Lipinski definition) is 0. The first-order chi connectivity index (χ1) is 33.9. The highest BCUT2D eigenvalue weighted by Gasteiger charge is 2.19. The first-order valence-corrected chi connectivity index (χ1v) is 31.4. The van der Waals surface area contributed by atoms with E-state index in [9.17, 15) is 14.4 Å². The summed E-state index contributed by atoms with van der Waals surface area (Å²) in [6.07, 6.45) is 63.9. The Balaban J connectivity index is 4.28. The summed E-state index contributed by atoms with van der Waals surface area (Å²) < 4.78 is 16.9. The topological polar surface area (TPSA) is 78.9 Å². The largest absolute Gasteiger partial charge is 0.462 e. The highest BCUT2D eigenvalue weighted by atomic mass is 16.6. The summed E-state index contributed by atoms with van der Waals surface area (Å²) in [6.45, 7) is 9.08. The zero-order chi connectivity index (χ0) is 50.2. The maximum atomic E-state index is 12.9. The molecule has 0 N–H and O–H groups in total. The molecule has 1 atom stereocenters. The molecule has 0 saturated carbocycles. The van der Waals surface area contributed by atoms with Crippen LogP contribution in [-0.4, -0.2) is 37.2 Å². The van der Waals surface area contributed by atoms with E-state index >= 15 is 0 Å². The summed E-state index contributed by atoms with van der Waals surface area (Å²) in [5.74, 6) is 0.00428. The van der Waals surface area contributed by atoms with Crippen LogP contribution in [0.4, 0.5) is 0 Å². The molecular weight excluding hydrogens is 853 g/mol. The average Bonchev–Trinajstić information content (AvgIpc) is 3.34. The molecule has 0 aromatic carbocycles. The highest BCUT2D eigenvalue weighted by Crippen LogP contribution is 2.19. The van der Waals surface area contributed by atoms with Crippen LogP contribution in [0, 0.1) is 5.92 Å². The zero-order valence-corrected chi connectivity index (χ0v) is 47.3. The van der Waals surface area contributed by atoms with Crippen molar-refractivity contribution in [3.05, 3.63) is 0 Å². The minimum atomic E-state index is -0.763.